The quantitative estimate of drug-likeness (QED) is 0.876. The maximum Gasteiger partial charge on any atom is 0.264 e. The lowest BCUT2D eigenvalue weighted by Crippen LogP contribution is -2.35. The Hall–Kier alpha value is -2.01. The van der Waals surface area contributed by atoms with Crippen LogP contribution in [0.15, 0.2) is 53.4 Å². The van der Waals surface area contributed by atoms with Crippen molar-refractivity contribution in [2.45, 2.75) is 24.3 Å². The van der Waals surface area contributed by atoms with Crippen LogP contribution < -0.4 is 9.04 Å². The Morgan fingerprint density at radius 3 is 2.43 bits per heavy atom. The van der Waals surface area contributed by atoms with Crippen LogP contribution in [-0.2, 0) is 16.4 Å². The minimum atomic E-state index is -3.55. The Kier molecular flexibility index (Phi) is 3.37. The smallest absolute Gasteiger partial charge is 0.264 e. The van der Waals surface area contributed by atoms with Gasteiger partial charge < -0.3 is 4.74 Å². The second kappa shape index (κ2) is 5.07. The van der Waals surface area contributed by atoms with Gasteiger partial charge in [-0.05, 0) is 49.2 Å². The molecular weight excluding hydrogens is 286 g/mol. The van der Waals surface area contributed by atoms with E-state index in [0.717, 1.165) is 17.7 Å². The molecule has 1 aliphatic rings. The topological polar surface area (TPSA) is 46.6 Å². The van der Waals surface area contributed by atoms with Gasteiger partial charge in [-0.15, -0.1) is 0 Å². The summed E-state index contributed by atoms with van der Waals surface area (Å²) in [7, 11) is -1.99. The number of ether oxygens (including phenoxy) is 1. The second-order valence-electron chi connectivity index (χ2n) is 5.16. The van der Waals surface area contributed by atoms with Crippen LogP contribution in [0.4, 0.5) is 5.69 Å². The van der Waals surface area contributed by atoms with E-state index in [2.05, 4.69) is 0 Å². The Balaban J connectivity index is 2.05. The molecule has 110 valence electrons. The van der Waals surface area contributed by atoms with Crippen LogP contribution in [-0.4, -0.2) is 21.6 Å². The fraction of sp³-hybridized carbons (Fsp3) is 0.250. The standard InChI is InChI=1S/C16H17NO3S/c1-12-11-13-5-3-4-6-16(13)17(12)21(18,19)15-9-7-14(20-2)8-10-15/h3-10,12H,11H2,1-2H3/t12-/m0/s1. The molecule has 0 bridgehead atoms. The highest BCUT2D eigenvalue weighted by atomic mass is 32.2. The molecule has 0 radical (unpaired) electrons. The Morgan fingerprint density at radius 1 is 1.10 bits per heavy atom. The molecule has 0 spiro atoms. The number of nitrogens with zero attached hydrogens (tertiary/aromatic N) is 1. The van der Waals surface area contributed by atoms with Crippen molar-refractivity contribution in [2.75, 3.05) is 11.4 Å². The van der Waals surface area contributed by atoms with Gasteiger partial charge in [0.15, 0.2) is 0 Å². The number of rotatable bonds is 3. The second-order valence-corrected chi connectivity index (χ2v) is 6.97. The van der Waals surface area contributed by atoms with Gasteiger partial charge in [0.1, 0.15) is 5.75 Å². The zero-order valence-corrected chi connectivity index (χ0v) is 12.8. The highest BCUT2D eigenvalue weighted by molar-refractivity contribution is 7.92. The summed E-state index contributed by atoms with van der Waals surface area (Å²) >= 11 is 0. The van der Waals surface area contributed by atoms with E-state index in [1.807, 2.05) is 31.2 Å². The Bertz CT molecular complexity index is 753. The SMILES string of the molecule is COc1ccc(S(=O)(=O)N2c3ccccc3C[C@@H]2C)cc1. The molecule has 0 aliphatic carbocycles. The van der Waals surface area contributed by atoms with Crippen LogP contribution in [0.1, 0.15) is 12.5 Å². The summed E-state index contributed by atoms with van der Waals surface area (Å²) in [4.78, 5) is 0.284. The summed E-state index contributed by atoms with van der Waals surface area (Å²) in [6, 6.07) is 14.1. The Morgan fingerprint density at radius 2 is 1.76 bits per heavy atom. The van der Waals surface area contributed by atoms with Gasteiger partial charge in [0.25, 0.3) is 10.0 Å². The highest BCUT2D eigenvalue weighted by Gasteiger charge is 2.35. The maximum absolute atomic E-state index is 12.9. The summed E-state index contributed by atoms with van der Waals surface area (Å²) in [5, 5.41) is 0. The van der Waals surface area contributed by atoms with Crippen molar-refractivity contribution in [2.24, 2.45) is 0 Å². The minimum absolute atomic E-state index is 0.0745. The van der Waals surface area contributed by atoms with Gasteiger partial charge in [-0.3, -0.25) is 4.31 Å². The van der Waals surface area contributed by atoms with Gasteiger partial charge in [-0.2, -0.15) is 0 Å². The number of anilines is 1. The minimum Gasteiger partial charge on any atom is -0.497 e. The third kappa shape index (κ3) is 2.27. The fourth-order valence-corrected chi connectivity index (χ4v) is 4.46. The third-order valence-corrected chi connectivity index (χ3v) is 5.70. The highest BCUT2D eigenvalue weighted by Crippen LogP contribution is 2.36. The molecule has 4 nitrogen and oxygen atoms in total. The zero-order chi connectivity index (χ0) is 15.0. The van der Waals surface area contributed by atoms with Crippen molar-refractivity contribution < 1.29 is 13.2 Å². The first kappa shape index (κ1) is 13.9. The summed E-state index contributed by atoms with van der Waals surface area (Å²) in [5.41, 5.74) is 1.85. The zero-order valence-electron chi connectivity index (χ0n) is 12.0. The van der Waals surface area contributed by atoms with Gasteiger partial charge in [0.05, 0.1) is 17.7 Å². The number of sulfonamides is 1. The molecule has 0 saturated heterocycles. The van der Waals surface area contributed by atoms with Crippen molar-refractivity contribution in [1.82, 2.24) is 0 Å². The molecule has 0 N–H and O–H groups in total. The molecule has 0 aromatic heterocycles. The van der Waals surface area contributed by atoms with Gasteiger partial charge >= 0.3 is 0 Å². The molecule has 5 heteroatoms. The number of hydrogen-bond acceptors (Lipinski definition) is 3. The first-order valence-corrected chi connectivity index (χ1v) is 8.24. The fourth-order valence-electron chi connectivity index (χ4n) is 2.76. The summed E-state index contributed by atoms with van der Waals surface area (Å²) in [6.45, 7) is 1.93. The Labute approximate surface area is 125 Å². The van der Waals surface area contributed by atoms with E-state index in [-0.39, 0.29) is 10.9 Å². The lowest BCUT2D eigenvalue weighted by molar-refractivity contribution is 0.414. The monoisotopic (exact) mass is 303 g/mol. The number of hydrogen-bond donors (Lipinski definition) is 0. The van der Waals surface area contributed by atoms with E-state index in [1.165, 1.54) is 4.31 Å². The molecule has 21 heavy (non-hydrogen) atoms. The molecule has 1 heterocycles. The van der Waals surface area contributed by atoms with Crippen LogP contribution in [0, 0.1) is 0 Å². The maximum atomic E-state index is 12.9. The molecule has 0 amide bonds. The molecule has 0 saturated carbocycles. The predicted molar refractivity (Wildman–Crippen MR) is 82.3 cm³/mol. The summed E-state index contributed by atoms with van der Waals surface area (Å²) in [6.07, 6.45) is 0.742. The molecule has 2 aromatic rings. The van der Waals surface area contributed by atoms with Crippen molar-refractivity contribution in [1.29, 1.82) is 0 Å². The van der Waals surface area contributed by atoms with Crippen LogP contribution >= 0.6 is 0 Å². The third-order valence-electron chi connectivity index (χ3n) is 3.76. The lowest BCUT2D eigenvalue weighted by atomic mass is 10.1. The van der Waals surface area contributed by atoms with Crippen molar-refractivity contribution in [3.63, 3.8) is 0 Å². The van der Waals surface area contributed by atoms with Crippen LogP contribution in [0.5, 0.6) is 5.75 Å². The molecule has 0 unspecified atom stereocenters. The summed E-state index contributed by atoms with van der Waals surface area (Å²) in [5.74, 6) is 0.642. The van der Waals surface area contributed by atoms with Gasteiger partial charge in [0, 0.05) is 6.04 Å². The molecule has 1 aliphatic heterocycles. The van der Waals surface area contributed by atoms with Gasteiger partial charge in [0.2, 0.25) is 0 Å². The molecule has 3 rings (SSSR count). The lowest BCUT2D eigenvalue weighted by Gasteiger charge is -2.24. The van der Waals surface area contributed by atoms with Gasteiger partial charge in [-0.25, -0.2) is 8.42 Å². The van der Waals surface area contributed by atoms with E-state index in [4.69, 9.17) is 4.74 Å². The van der Waals surface area contributed by atoms with E-state index in [1.54, 1.807) is 31.4 Å². The molecule has 2 aromatic carbocycles. The normalized spacial score (nSPS) is 17.6. The predicted octanol–water partition coefficient (Wildman–Crippen LogP) is 2.84. The molecule has 0 fully saturated rings. The first-order valence-electron chi connectivity index (χ1n) is 6.80. The van der Waals surface area contributed by atoms with Gasteiger partial charge in [-0.1, -0.05) is 18.2 Å². The van der Waals surface area contributed by atoms with E-state index < -0.39 is 10.0 Å². The van der Waals surface area contributed by atoms with Crippen molar-refractivity contribution in [3.8, 4) is 5.75 Å². The van der Waals surface area contributed by atoms with E-state index in [0.29, 0.717) is 5.75 Å². The van der Waals surface area contributed by atoms with Crippen molar-refractivity contribution in [3.05, 3.63) is 54.1 Å². The largest absolute Gasteiger partial charge is 0.497 e. The number of para-hydroxylation sites is 1. The van der Waals surface area contributed by atoms with E-state index in [9.17, 15) is 8.42 Å². The van der Waals surface area contributed by atoms with E-state index >= 15 is 0 Å². The molecule has 1 atom stereocenters. The first-order chi connectivity index (χ1) is 10.0. The number of benzene rings is 2. The van der Waals surface area contributed by atoms with Crippen LogP contribution in [0.25, 0.3) is 0 Å². The van der Waals surface area contributed by atoms with Crippen LogP contribution in [0.2, 0.25) is 0 Å². The average molecular weight is 303 g/mol. The summed E-state index contributed by atoms with van der Waals surface area (Å²) < 4.78 is 32.4. The average Bonchev–Trinajstić information content (AvgIpc) is 2.83. The molecular formula is C16H17NO3S. The number of fused-ring (bicyclic) bond motifs is 1. The van der Waals surface area contributed by atoms with Crippen molar-refractivity contribution >= 4 is 15.7 Å². The number of methoxy groups -OCH3 is 1. The van der Waals surface area contributed by atoms with Crippen LogP contribution in [0.3, 0.4) is 0 Å².